The zero-order valence-corrected chi connectivity index (χ0v) is 60.5. The van der Waals surface area contributed by atoms with Crippen molar-refractivity contribution in [3.05, 3.63) is 219 Å². The summed E-state index contributed by atoms with van der Waals surface area (Å²) in [5.74, 6) is -2.07. The molecule has 0 saturated heterocycles. The van der Waals surface area contributed by atoms with Gasteiger partial charge in [0.2, 0.25) is 0 Å². The van der Waals surface area contributed by atoms with Crippen LogP contribution in [0.4, 0.5) is 0 Å². The van der Waals surface area contributed by atoms with Crippen LogP contribution in [-0.4, -0.2) is 87.4 Å². The van der Waals surface area contributed by atoms with Gasteiger partial charge in [0.25, 0.3) is 6.29 Å². The number of ether oxygens (including phenoxy) is 4. The van der Waals surface area contributed by atoms with E-state index >= 15 is 0 Å². The molecule has 2 atom stereocenters. The lowest BCUT2D eigenvalue weighted by Gasteiger charge is -2.25. The summed E-state index contributed by atoms with van der Waals surface area (Å²) < 4.78 is 22.9. The lowest BCUT2D eigenvalue weighted by atomic mass is 10.0. The normalized spacial score (nSPS) is 14.0. The van der Waals surface area contributed by atoms with Crippen molar-refractivity contribution in [1.29, 1.82) is 0 Å². The van der Waals surface area contributed by atoms with Gasteiger partial charge in [0.15, 0.2) is 6.10 Å². The SMILES string of the molecule is CC/C=C\C/C=C\C/C=C\C/C=C\C/C=C\C/C=C\C/C=C\C/C=C\C/C=C\C/C=C\CCCCCCCCCCCCC(=O)OC(COC(=O)CCCCCC/C=C\C/C=C\C/C=C\C/C=C\C/C=C\C/C=C\C/C=C\C/C=C\CC)COC(OCC[N+](C)(C)C)C(=O)O. The molecule has 9 nitrogen and oxygen atoms in total. The Kier molecular flexibility index (Phi) is 68.5. The Labute approximate surface area is 581 Å². The van der Waals surface area contributed by atoms with E-state index in [1.165, 1.54) is 38.5 Å². The Bertz CT molecular complexity index is 2370. The lowest BCUT2D eigenvalue weighted by molar-refractivity contribution is -0.870. The average Bonchev–Trinajstić information content (AvgIpc) is 3.54. The van der Waals surface area contributed by atoms with Gasteiger partial charge in [-0.1, -0.05) is 297 Å². The largest absolute Gasteiger partial charge is 0.477 e. The van der Waals surface area contributed by atoms with Crippen LogP contribution in [0.2, 0.25) is 0 Å². The molecule has 9 heteroatoms. The fraction of sp³-hybridized carbons (Fsp3) is 0.547. The van der Waals surface area contributed by atoms with Gasteiger partial charge in [-0.05, 0) is 154 Å². The molecule has 1 N–H and O–H groups in total. The van der Waals surface area contributed by atoms with E-state index in [4.69, 9.17) is 18.9 Å². The van der Waals surface area contributed by atoms with Crippen LogP contribution in [-0.2, 0) is 33.3 Å². The first-order valence-electron chi connectivity index (χ1n) is 36.9. The number of rotatable bonds is 65. The van der Waals surface area contributed by atoms with Gasteiger partial charge in [-0.25, -0.2) is 4.79 Å². The lowest BCUT2D eigenvalue weighted by Crippen LogP contribution is -2.40. The molecule has 0 heterocycles. The number of aliphatic carboxylic acids is 1. The number of unbranched alkanes of at least 4 members (excludes halogenated alkanes) is 14. The summed E-state index contributed by atoms with van der Waals surface area (Å²) in [4.78, 5) is 37.7. The van der Waals surface area contributed by atoms with Crippen LogP contribution in [0.1, 0.15) is 245 Å². The summed E-state index contributed by atoms with van der Waals surface area (Å²) >= 11 is 0. The predicted molar refractivity (Wildman–Crippen MR) is 409 cm³/mol. The van der Waals surface area contributed by atoms with Crippen molar-refractivity contribution in [3.63, 3.8) is 0 Å². The fourth-order valence-electron chi connectivity index (χ4n) is 9.17. The second kappa shape index (κ2) is 73.4. The van der Waals surface area contributed by atoms with Crippen LogP contribution in [0.3, 0.4) is 0 Å². The van der Waals surface area contributed by atoms with Gasteiger partial charge in [0.05, 0.1) is 34.4 Å². The van der Waals surface area contributed by atoms with E-state index in [0.29, 0.717) is 23.9 Å². The van der Waals surface area contributed by atoms with Crippen molar-refractivity contribution in [3.8, 4) is 0 Å². The van der Waals surface area contributed by atoms with Gasteiger partial charge in [-0.2, -0.15) is 0 Å². The summed E-state index contributed by atoms with van der Waals surface area (Å²) in [5, 5.41) is 9.76. The number of esters is 2. The molecule has 0 aliphatic carbocycles. The molecule has 0 spiro atoms. The predicted octanol–water partition coefficient (Wildman–Crippen LogP) is 23.7. The highest BCUT2D eigenvalue weighted by Gasteiger charge is 2.25. The maximum absolute atomic E-state index is 13.0. The Balaban J connectivity index is 4.23. The summed E-state index contributed by atoms with van der Waals surface area (Å²) in [5.41, 5.74) is 0. The summed E-state index contributed by atoms with van der Waals surface area (Å²) in [6, 6.07) is 0. The second-order valence-corrected chi connectivity index (χ2v) is 24.8. The van der Waals surface area contributed by atoms with E-state index in [1.807, 2.05) is 21.1 Å². The van der Waals surface area contributed by atoms with E-state index in [9.17, 15) is 19.5 Å². The molecule has 0 fully saturated rings. The minimum absolute atomic E-state index is 0.170. The Hall–Kier alpha value is -6.39. The smallest absolute Gasteiger partial charge is 0.361 e. The number of hydrogen-bond donors (Lipinski definition) is 1. The summed E-state index contributed by atoms with van der Waals surface area (Å²) in [7, 11) is 5.95. The highest BCUT2D eigenvalue weighted by atomic mass is 16.7. The van der Waals surface area contributed by atoms with Crippen LogP contribution in [0.25, 0.3) is 0 Å². The van der Waals surface area contributed by atoms with E-state index < -0.39 is 24.3 Å². The molecule has 530 valence electrons. The molecular formula is C86H134NO8+. The van der Waals surface area contributed by atoms with Gasteiger partial charge >= 0.3 is 17.9 Å². The first kappa shape index (κ1) is 88.6. The van der Waals surface area contributed by atoms with Crippen LogP contribution in [0.5, 0.6) is 0 Å². The number of carbonyl (C=O) groups excluding carboxylic acids is 2. The molecule has 0 aliphatic heterocycles. The van der Waals surface area contributed by atoms with Crippen LogP contribution in [0.15, 0.2) is 219 Å². The van der Waals surface area contributed by atoms with Crippen molar-refractivity contribution in [1.82, 2.24) is 0 Å². The molecule has 0 bridgehead atoms. The minimum Gasteiger partial charge on any atom is -0.477 e. The Morgan fingerprint density at radius 2 is 0.568 bits per heavy atom. The van der Waals surface area contributed by atoms with Gasteiger partial charge in [0.1, 0.15) is 13.2 Å². The van der Waals surface area contributed by atoms with Crippen molar-refractivity contribution in [2.45, 2.75) is 257 Å². The number of likely N-dealkylation sites (N-methyl/N-ethyl adjacent to an activating group) is 1. The second-order valence-electron chi connectivity index (χ2n) is 24.8. The summed E-state index contributed by atoms with van der Waals surface area (Å²) in [6.07, 6.45) is 113. The number of carbonyl (C=O) groups is 3. The van der Waals surface area contributed by atoms with Gasteiger partial charge < -0.3 is 28.5 Å². The Morgan fingerprint density at radius 3 is 0.842 bits per heavy atom. The van der Waals surface area contributed by atoms with Gasteiger partial charge in [-0.3, -0.25) is 9.59 Å². The third-order valence-corrected chi connectivity index (χ3v) is 14.7. The third kappa shape index (κ3) is 74.9. The maximum Gasteiger partial charge on any atom is 0.361 e. The molecule has 0 aromatic carbocycles. The van der Waals surface area contributed by atoms with Crippen molar-refractivity contribution < 1.29 is 42.9 Å². The molecule has 95 heavy (non-hydrogen) atoms. The van der Waals surface area contributed by atoms with Crippen molar-refractivity contribution in [2.24, 2.45) is 0 Å². The van der Waals surface area contributed by atoms with Crippen LogP contribution < -0.4 is 0 Å². The molecule has 0 aliphatic rings. The van der Waals surface area contributed by atoms with Gasteiger partial charge in [-0.15, -0.1) is 0 Å². The van der Waals surface area contributed by atoms with Crippen LogP contribution in [0, 0.1) is 0 Å². The number of carboxylic acids is 1. The molecule has 0 radical (unpaired) electrons. The molecule has 0 aromatic heterocycles. The zero-order valence-electron chi connectivity index (χ0n) is 60.5. The van der Waals surface area contributed by atoms with Crippen molar-refractivity contribution >= 4 is 17.9 Å². The average molecular weight is 1310 g/mol. The molecule has 0 amide bonds. The first-order valence-corrected chi connectivity index (χ1v) is 36.9. The fourth-order valence-corrected chi connectivity index (χ4v) is 9.17. The number of carboxylic acid groups (broad SMARTS) is 1. The standard InChI is InChI=1S/C86H133NO8/c1-6-8-10-12-14-16-18-20-22-24-26-28-30-32-34-36-37-38-39-40-41-42-43-44-45-46-47-49-51-53-55-57-59-61-63-65-67-69-71-73-75-77-84(89)95-82(81-94-86(85(90)91)92-79-78-87(3,4)5)80-93-83(88)76-74-72-70-68-66-64-62-60-58-56-54-52-50-48-35-33-31-29-27-25-23-21-19-17-15-13-11-9-7-2/h8-11,14-17,20-23,26-29,32-35,37-38,40-41,43-44,46-47,50-53,56,58,62,64,82,86H,6-7,12-13,18-19,24-25,30-31,36,39,42,45,48-49,54-55,57,59-61,63,65-81H2,1-5H3/p+1/b10-8-,11-9-,16-14-,17-15-,22-20-,23-21-,28-26-,29-27-,34-32-,35-33-,38-37-,41-40-,44-43-,47-46-,52-50-,53-51-,58-56-,64-62-. The summed E-state index contributed by atoms with van der Waals surface area (Å²) in [6.45, 7) is 4.59. The highest BCUT2D eigenvalue weighted by molar-refractivity contribution is 5.71. The molecule has 2 unspecified atom stereocenters. The number of allylic oxidation sites excluding steroid dienone is 36. The first-order chi connectivity index (χ1) is 46.6. The van der Waals surface area contributed by atoms with E-state index in [-0.39, 0.29) is 38.6 Å². The van der Waals surface area contributed by atoms with E-state index in [2.05, 4.69) is 233 Å². The Morgan fingerprint density at radius 1 is 0.316 bits per heavy atom. The van der Waals surface area contributed by atoms with Crippen LogP contribution >= 0.6 is 0 Å². The molecule has 0 saturated carbocycles. The monoisotopic (exact) mass is 1310 g/mol. The van der Waals surface area contributed by atoms with E-state index in [1.54, 1.807) is 0 Å². The topological polar surface area (TPSA) is 108 Å². The quantitative estimate of drug-likeness (QED) is 0.0211. The van der Waals surface area contributed by atoms with E-state index in [0.717, 1.165) is 167 Å². The van der Waals surface area contributed by atoms with Gasteiger partial charge in [0, 0.05) is 12.8 Å². The third-order valence-electron chi connectivity index (χ3n) is 14.7. The highest BCUT2D eigenvalue weighted by Crippen LogP contribution is 2.15. The number of quaternary nitrogens is 1. The minimum atomic E-state index is -1.53. The maximum atomic E-state index is 13.0. The zero-order chi connectivity index (χ0) is 69.0. The molecule has 0 rings (SSSR count). The molecule has 0 aromatic rings. The molecular weight excluding hydrogens is 1170 g/mol. The van der Waals surface area contributed by atoms with Crippen molar-refractivity contribution in [2.75, 3.05) is 47.5 Å². The number of hydrogen-bond acceptors (Lipinski definition) is 7. The number of nitrogens with zero attached hydrogens (tertiary/aromatic N) is 1.